The Hall–Kier alpha value is -1.68. The van der Waals surface area contributed by atoms with Gasteiger partial charge in [-0.1, -0.05) is 0 Å². The van der Waals surface area contributed by atoms with E-state index in [2.05, 4.69) is 9.72 Å². The molecule has 0 unspecified atom stereocenters. The van der Waals surface area contributed by atoms with Crippen molar-refractivity contribution in [3.8, 4) is 11.8 Å². The number of pyridine rings is 1. The number of nitrogens with two attached hydrogens (primary N) is 1. The predicted octanol–water partition coefficient (Wildman–Crippen LogP) is 2.17. The molecule has 1 heterocycles. The molecule has 0 aliphatic carbocycles. The van der Waals surface area contributed by atoms with Crippen molar-refractivity contribution in [3.05, 3.63) is 17.5 Å². The fourth-order valence-electron chi connectivity index (χ4n) is 0.945. The maximum absolute atomic E-state index is 12.0. The summed E-state index contributed by atoms with van der Waals surface area (Å²) in [6, 6.07) is 2.50. The number of anilines is 1. The van der Waals surface area contributed by atoms with E-state index in [9.17, 15) is 13.2 Å². The van der Waals surface area contributed by atoms with Crippen molar-refractivity contribution in [2.75, 3.05) is 5.73 Å². The van der Waals surface area contributed by atoms with Gasteiger partial charge in [0.05, 0.1) is 11.6 Å². The number of nitriles is 1. The summed E-state index contributed by atoms with van der Waals surface area (Å²) in [6.07, 6.45) is -4.88. The van der Waals surface area contributed by atoms with Gasteiger partial charge in [-0.05, 0) is 0 Å². The van der Waals surface area contributed by atoms with Crippen LogP contribution in [0.15, 0.2) is 6.07 Å². The molecule has 86 valence electrons. The Morgan fingerprint density at radius 2 is 2.19 bits per heavy atom. The maximum atomic E-state index is 12.0. The second-order valence-corrected chi connectivity index (χ2v) is 2.93. The van der Waals surface area contributed by atoms with Gasteiger partial charge in [0.15, 0.2) is 11.4 Å². The van der Waals surface area contributed by atoms with Gasteiger partial charge in [0.25, 0.3) is 0 Å². The van der Waals surface area contributed by atoms with Crippen LogP contribution in [0.1, 0.15) is 11.4 Å². The lowest BCUT2D eigenvalue weighted by Gasteiger charge is -2.12. The molecule has 0 amide bonds. The first-order valence-electron chi connectivity index (χ1n) is 3.88. The molecule has 2 N–H and O–H groups in total. The van der Waals surface area contributed by atoms with Gasteiger partial charge >= 0.3 is 6.36 Å². The van der Waals surface area contributed by atoms with Crippen LogP contribution in [0.2, 0.25) is 0 Å². The summed E-state index contributed by atoms with van der Waals surface area (Å²) in [6.45, 7) is 0. The molecule has 0 saturated heterocycles. The Kier molecular flexibility index (Phi) is 3.44. The molecule has 0 bridgehead atoms. The number of rotatable bonds is 2. The zero-order chi connectivity index (χ0) is 12.3. The van der Waals surface area contributed by atoms with Crippen LogP contribution in [0.5, 0.6) is 5.75 Å². The van der Waals surface area contributed by atoms with Crippen molar-refractivity contribution in [3.63, 3.8) is 0 Å². The third kappa shape index (κ3) is 2.90. The number of alkyl halides is 4. The van der Waals surface area contributed by atoms with Gasteiger partial charge in [-0.25, -0.2) is 4.98 Å². The van der Waals surface area contributed by atoms with Crippen LogP contribution in [0.25, 0.3) is 0 Å². The van der Waals surface area contributed by atoms with Crippen molar-refractivity contribution in [1.82, 2.24) is 4.98 Å². The van der Waals surface area contributed by atoms with E-state index in [1.807, 2.05) is 0 Å². The average molecular weight is 252 g/mol. The number of hydrogen-bond donors (Lipinski definition) is 1. The second-order valence-electron chi connectivity index (χ2n) is 2.67. The molecular weight excluding hydrogens is 247 g/mol. The van der Waals surface area contributed by atoms with Crippen LogP contribution in [-0.4, -0.2) is 11.3 Å². The lowest BCUT2D eigenvalue weighted by atomic mass is 10.2. The van der Waals surface area contributed by atoms with Gasteiger partial charge < -0.3 is 10.5 Å². The largest absolute Gasteiger partial charge is 0.573 e. The van der Waals surface area contributed by atoms with E-state index in [-0.39, 0.29) is 17.3 Å². The molecule has 0 saturated carbocycles. The highest BCUT2D eigenvalue weighted by atomic mass is 35.5. The lowest BCUT2D eigenvalue weighted by Crippen LogP contribution is -2.18. The van der Waals surface area contributed by atoms with Crippen LogP contribution in [0, 0.1) is 11.3 Å². The average Bonchev–Trinajstić information content (AvgIpc) is 2.19. The first kappa shape index (κ1) is 12.4. The number of nitrogen functional groups attached to an aromatic ring is 1. The molecule has 8 heteroatoms. The Balaban J connectivity index is 3.23. The summed E-state index contributed by atoms with van der Waals surface area (Å²) in [5.41, 5.74) is 4.53. The monoisotopic (exact) mass is 251 g/mol. The number of aromatic nitrogens is 1. The molecule has 1 aromatic heterocycles. The minimum atomic E-state index is -4.88. The van der Waals surface area contributed by atoms with E-state index < -0.39 is 17.8 Å². The summed E-state index contributed by atoms with van der Waals surface area (Å²) in [5.74, 6) is -0.821. The maximum Gasteiger partial charge on any atom is 0.573 e. The van der Waals surface area contributed by atoms with Gasteiger partial charge in [0.1, 0.15) is 11.8 Å². The first-order valence-corrected chi connectivity index (χ1v) is 4.42. The summed E-state index contributed by atoms with van der Waals surface area (Å²) in [7, 11) is 0. The van der Waals surface area contributed by atoms with Crippen LogP contribution in [0.4, 0.5) is 18.9 Å². The van der Waals surface area contributed by atoms with Crippen LogP contribution in [0.3, 0.4) is 0 Å². The topological polar surface area (TPSA) is 71.9 Å². The van der Waals surface area contributed by atoms with E-state index in [1.165, 1.54) is 0 Å². The number of ether oxygens (including phenoxy) is 1. The van der Waals surface area contributed by atoms with Crippen molar-refractivity contribution in [2.24, 2.45) is 0 Å². The quantitative estimate of drug-likeness (QED) is 0.818. The van der Waals surface area contributed by atoms with E-state index in [0.29, 0.717) is 0 Å². The Morgan fingerprint density at radius 1 is 1.56 bits per heavy atom. The molecule has 0 radical (unpaired) electrons. The third-order valence-electron chi connectivity index (χ3n) is 1.54. The van der Waals surface area contributed by atoms with Crippen molar-refractivity contribution in [1.29, 1.82) is 5.26 Å². The van der Waals surface area contributed by atoms with Gasteiger partial charge in [0.2, 0.25) is 0 Å². The summed E-state index contributed by atoms with van der Waals surface area (Å²) >= 11 is 5.40. The fraction of sp³-hybridized carbons (Fsp3) is 0.250. The van der Waals surface area contributed by atoms with E-state index in [0.717, 1.165) is 6.07 Å². The number of nitrogens with zero attached hydrogens (tertiary/aromatic N) is 2. The predicted molar refractivity (Wildman–Crippen MR) is 49.6 cm³/mol. The SMILES string of the molecule is N#Cc1nc(CCl)cc(OC(F)(F)F)c1N. The van der Waals surface area contributed by atoms with E-state index in [1.54, 1.807) is 6.07 Å². The summed E-state index contributed by atoms with van der Waals surface area (Å²) < 4.78 is 39.6. The zero-order valence-corrected chi connectivity index (χ0v) is 8.43. The van der Waals surface area contributed by atoms with Crippen molar-refractivity contribution >= 4 is 17.3 Å². The molecule has 1 rings (SSSR count). The molecule has 1 aromatic rings. The molecule has 0 spiro atoms. The Morgan fingerprint density at radius 3 is 2.62 bits per heavy atom. The zero-order valence-electron chi connectivity index (χ0n) is 7.68. The molecule has 0 atom stereocenters. The standard InChI is InChI=1S/C8H5ClF3N3O/c9-2-4-1-6(16-8(10,11)12)7(14)5(3-13)15-4/h1H,2,14H2. The minimum Gasteiger partial charge on any atom is -0.403 e. The molecule has 0 fully saturated rings. The van der Waals surface area contributed by atoms with Gasteiger partial charge in [-0.15, -0.1) is 24.8 Å². The fourth-order valence-corrected chi connectivity index (χ4v) is 1.08. The van der Waals surface area contributed by atoms with Gasteiger partial charge in [-0.2, -0.15) is 5.26 Å². The van der Waals surface area contributed by atoms with Crippen LogP contribution in [-0.2, 0) is 5.88 Å². The highest BCUT2D eigenvalue weighted by Crippen LogP contribution is 2.30. The third-order valence-corrected chi connectivity index (χ3v) is 1.82. The highest BCUT2D eigenvalue weighted by molar-refractivity contribution is 6.16. The molecule has 16 heavy (non-hydrogen) atoms. The normalized spacial score (nSPS) is 10.9. The smallest absolute Gasteiger partial charge is 0.403 e. The van der Waals surface area contributed by atoms with Crippen LogP contribution >= 0.6 is 11.6 Å². The highest BCUT2D eigenvalue weighted by Gasteiger charge is 2.32. The Bertz CT molecular complexity index is 441. The van der Waals surface area contributed by atoms with E-state index in [4.69, 9.17) is 22.6 Å². The van der Waals surface area contributed by atoms with Crippen molar-refractivity contribution < 1.29 is 17.9 Å². The molecule has 4 nitrogen and oxygen atoms in total. The van der Waals surface area contributed by atoms with Crippen molar-refractivity contribution in [2.45, 2.75) is 12.2 Å². The molecule has 0 aliphatic rings. The minimum absolute atomic E-state index is 0.0756. The second kappa shape index (κ2) is 4.45. The molecule has 0 aromatic carbocycles. The van der Waals surface area contributed by atoms with E-state index >= 15 is 0 Å². The first-order chi connectivity index (χ1) is 7.37. The van der Waals surface area contributed by atoms with Gasteiger partial charge in [-0.3, -0.25) is 0 Å². The van der Waals surface area contributed by atoms with Gasteiger partial charge in [0, 0.05) is 6.07 Å². The number of halogens is 4. The molecular formula is C8H5ClF3N3O. The Labute approximate surface area is 93.4 Å². The summed E-state index contributed by atoms with van der Waals surface area (Å²) in [5, 5.41) is 8.59. The lowest BCUT2D eigenvalue weighted by molar-refractivity contribution is -0.274. The van der Waals surface area contributed by atoms with Crippen LogP contribution < -0.4 is 10.5 Å². The summed E-state index contributed by atoms with van der Waals surface area (Å²) in [4.78, 5) is 3.63. The molecule has 0 aliphatic heterocycles. The number of hydrogen-bond acceptors (Lipinski definition) is 4.